The van der Waals surface area contributed by atoms with E-state index in [1.165, 1.54) is 97.3 Å². The van der Waals surface area contributed by atoms with Crippen LogP contribution in [-0.2, 0) is 0 Å². The third-order valence-corrected chi connectivity index (χ3v) is 11.6. The van der Waals surface area contributed by atoms with Crippen molar-refractivity contribution < 1.29 is 0 Å². The van der Waals surface area contributed by atoms with E-state index in [0.717, 1.165) is 5.69 Å². The van der Waals surface area contributed by atoms with Crippen LogP contribution in [0.5, 0.6) is 0 Å². The molecule has 50 heavy (non-hydrogen) atoms. The van der Waals surface area contributed by atoms with Gasteiger partial charge in [-0.05, 0) is 121 Å². The number of hydrogen-bond donors (Lipinski definition) is 0. The van der Waals surface area contributed by atoms with E-state index in [2.05, 4.69) is 180 Å². The molecule has 1 aliphatic rings. The van der Waals surface area contributed by atoms with Gasteiger partial charge in [-0.3, -0.25) is 0 Å². The lowest BCUT2D eigenvalue weighted by atomic mass is 9.93. The lowest BCUT2D eigenvalue weighted by molar-refractivity contribution is 1.18. The molecule has 0 aliphatic carbocycles. The van der Waals surface area contributed by atoms with E-state index >= 15 is 0 Å². The van der Waals surface area contributed by atoms with Gasteiger partial charge < -0.3 is 4.57 Å². The molecule has 0 bridgehead atoms. The quantitative estimate of drug-likeness (QED) is 0.184. The van der Waals surface area contributed by atoms with Gasteiger partial charge in [0.25, 0.3) is 0 Å². The second kappa shape index (κ2) is 10.7. The third-order valence-electron chi connectivity index (χ3n) is 10.5. The normalized spacial score (nSPS) is 12.3. The first-order chi connectivity index (χ1) is 24.7. The van der Waals surface area contributed by atoms with Crippen LogP contribution in [0.2, 0.25) is 0 Å². The topological polar surface area (TPSA) is 4.93 Å². The van der Waals surface area contributed by atoms with Crippen LogP contribution < -0.4 is 0 Å². The van der Waals surface area contributed by atoms with E-state index in [0.29, 0.717) is 0 Å². The molecule has 10 aromatic rings. The first-order valence-electron chi connectivity index (χ1n) is 17.2. The molecule has 1 aromatic heterocycles. The molecule has 1 nitrogen and oxygen atoms in total. The fraction of sp³-hybridized carbons (Fsp3) is 0. The van der Waals surface area contributed by atoms with Crippen molar-refractivity contribution >= 4 is 65.9 Å². The minimum Gasteiger partial charge on any atom is -0.309 e. The van der Waals surface area contributed by atoms with Crippen molar-refractivity contribution in [3.8, 4) is 39.1 Å². The zero-order valence-electron chi connectivity index (χ0n) is 27.1. The summed E-state index contributed by atoms with van der Waals surface area (Å²) in [5.41, 5.74) is 11.2. The molecule has 0 saturated carbocycles. The van der Waals surface area contributed by atoms with Gasteiger partial charge in [0.1, 0.15) is 0 Å². The Hall–Kier alpha value is -6.09. The van der Waals surface area contributed by atoms with E-state index in [1.54, 1.807) is 0 Å². The predicted molar refractivity (Wildman–Crippen MR) is 214 cm³/mol. The molecule has 9 aromatic carbocycles. The van der Waals surface area contributed by atoms with E-state index in [9.17, 15) is 0 Å². The molecule has 0 amide bonds. The lowest BCUT2D eigenvalue weighted by Crippen LogP contribution is -1.94. The molecule has 0 saturated heterocycles. The molecule has 0 fully saturated rings. The fourth-order valence-electron chi connectivity index (χ4n) is 8.09. The Balaban J connectivity index is 1.01. The summed E-state index contributed by atoms with van der Waals surface area (Å²) in [4.78, 5) is 2.66. The van der Waals surface area contributed by atoms with Gasteiger partial charge in [0.2, 0.25) is 0 Å². The molecule has 1 aliphatic heterocycles. The number of fused-ring (bicyclic) bond motifs is 7. The molecule has 0 atom stereocenters. The summed E-state index contributed by atoms with van der Waals surface area (Å²) >= 11 is 1.88. The zero-order chi connectivity index (χ0) is 32.8. The Morgan fingerprint density at radius 2 is 0.880 bits per heavy atom. The highest BCUT2D eigenvalue weighted by Crippen LogP contribution is 2.49. The SMILES string of the molecule is c1cc(-c2ccc(-n3c4cc5ccccc5cc4c4cc5ccccc5cc43)cc2)cc(-c2ccc3c(c2)-c2cccc4cccc(c24)S3)c1. The summed E-state index contributed by atoms with van der Waals surface area (Å²) in [7, 11) is 0. The summed E-state index contributed by atoms with van der Waals surface area (Å²) in [5.74, 6) is 0. The largest absolute Gasteiger partial charge is 0.309 e. The number of hydrogen-bond acceptors (Lipinski definition) is 1. The van der Waals surface area contributed by atoms with Crippen molar-refractivity contribution in [1.82, 2.24) is 4.57 Å². The van der Waals surface area contributed by atoms with E-state index < -0.39 is 0 Å². The monoisotopic (exact) mass is 651 g/mol. The molecule has 11 rings (SSSR count). The van der Waals surface area contributed by atoms with Gasteiger partial charge in [-0.15, -0.1) is 0 Å². The van der Waals surface area contributed by atoms with Crippen LogP contribution in [-0.4, -0.2) is 4.57 Å². The molecular formula is C48H29NS. The lowest BCUT2D eigenvalue weighted by Gasteiger charge is -2.21. The summed E-state index contributed by atoms with van der Waals surface area (Å²) in [6.45, 7) is 0. The number of nitrogens with zero attached hydrogens (tertiary/aromatic N) is 1. The van der Waals surface area contributed by atoms with Gasteiger partial charge in [-0.2, -0.15) is 0 Å². The van der Waals surface area contributed by atoms with Crippen molar-refractivity contribution in [2.24, 2.45) is 0 Å². The zero-order valence-corrected chi connectivity index (χ0v) is 27.9. The molecule has 2 heteroatoms. The highest BCUT2D eigenvalue weighted by atomic mass is 32.2. The van der Waals surface area contributed by atoms with E-state index in [1.807, 2.05) is 11.8 Å². The summed E-state index contributed by atoms with van der Waals surface area (Å²) in [5, 5.41) is 10.3. The standard InChI is InChI=1S/C48H29NS/c1-3-10-36-28-44-41(25-34(36)8-1)42-26-35-9-2-4-11-37(35)29-45(42)49(44)39-21-18-30(19-22-39)32-14-5-15-33(24-32)38-20-23-46-43(27-38)40-16-6-12-31-13-7-17-47(50-46)48(31)40/h1-29H. The Morgan fingerprint density at radius 3 is 1.56 bits per heavy atom. The van der Waals surface area contributed by atoms with Crippen LogP contribution in [0.3, 0.4) is 0 Å². The number of benzene rings is 9. The molecule has 232 valence electrons. The summed E-state index contributed by atoms with van der Waals surface area (Å²) < 4.78 is 2.44. The molecule has 0 radical (unpaired) electrons. The first kappa shape index (κ1) is 27.8. The predicted octanol–water partition coefficient (Wildman–Crippen LogP) is 13.7. The maximum absolute atomic E-state index is 2.44. The Labute approximate surface area is 294 Å². The van der Waals surface area contributed by atoms with Gasteiger partial charge in [0.05, 0.1) is 11.0 Å². The second-order valence-corrected chi connectivity index (χ2v) is 14.5. The Kier molecular flexibility index (Phi) is 5.96. The Morgan fingerprint density at radius 1 is 0.340 bits per heavy atom. The first-order valence-corrected chi connectivity index (χ1v) is 18.0. The number of rotatable bonds is 3. The van der Waals surface area contributed by atoms with Crippen LogP contribution in [0.4, 0.5) is 0 Å². The molecule has 0 spiro atoms. The van der Waals surface area contributed by atoms with Crippen LogP contribution in [0.15, 0.2) is 186 Å². The fourth-order valence-corrected chi connectivity index (χ4v) is 9.22. The minimum atomic E-state index is 1.16. The van der Waals surface area contributed by atoms with Crippen LogP contribution in [0.1, 0.15) is 0 Å². The van der Waals surface area contributed by atoms with Crippen LogP contribution >= 0.6 is 11.8 Å². The van der Waals surface area contributed by atoms with Crippen molar-refractivity contribution in [3.63, 3.8) is 0 Å². The maximum Gasteiger partial charge on any atom is 0.0547 e. The molecule has 2 heterocycles. The van der Waals surface area contributed by atoms with Gasteiger partial charge in [0, 0.05) is 31.6 Å². The van der Waals surface area contributed by atoms with Crippen molar-refractivity contribution in [2.75, 3.05) is 0 Å². The molecular weight excluding hydrogens is 623 g/mol. The van der Waals surface area contributed by atoms with Gasteiger partial charge in [-0.25, -0.2) is 0 Å². The van der Waals surface area contributed by atoms with Crippen LogP contribution in [0, 0.1) is 0 Å². The highest BCUT2D eigenvalue weighted by molar-refractivity contribution is 7.99. The van der Waals surface area contributed by atoms with E-state index in [4.69, 9.17) is 0 Å². The maximum atomic E-state index is 2.44. The number of aromatic nitrogens is 1. The van der Waals surface area contributed by atoms with Crippen molar-refractivity contribution in [3.05, 3.63) is 176 Å². The second-order valence-electron chi connectivity index (χ2n) is 13.4. The molecule has 0 unspecified atom stereocenters. The minimum absolute atomic E-state index is 1.16. The average molecular weight is 652 g/mol. The van der Waals surface area contributed by atoms with Gasteiger partial charge in [-0.1, -0.05) is 127 Å². The smallest absolute Gasteiger partial charge is 0.0547 e. The Bertz CT molecular complexity index is 2900. The van der Waals surface area contributed by atoms with E-state index in [-0.39, 0.29) is 0 Å². The summed E-state index contributed by atoms with van der Waals surface area (Å²) in [6, 6.07) is 65.1. The van der Waals surface area contributed by atoms with Crippen molar-refractivity contribution in [1.29, 1.82) is 0 Å². The molecule has 0 N–H and O–H groups in total. The summed E-state index contributed by atoms with van der Waals surface area (Å²) in [6.07, 6.45) is 0. The highest BCUT2D eigenvalue weighted by Gasteiger charge is 2.20. The van der Waals surface area contributed by atoms with Crippen molar-refractivity contribution in [2.45, 2.75) is 9.79 Å². The van der Waals surface area contributed by atoms with Crippen LogP contribution in [0.25, 0.3) is 93.2 Å². The third kappa shape index (κ3) is 4.22. The average Bonchev–Trinajstić information content (AvgIpc) is 3.48. The van der Waals surface area contributed by atoms with Gasteiger partial charge >= 0.3 is 0 Å². The van der Waals surface area contributed by atoms with Gasteiger partial charge in [0.15, 0.2) is 0 Å².